The number of likely N-dealkylation sites (tertiary alicyclic amines) is 1. The molecule has 2 atom stereocenters. The molecule has 0 saturated carbocycles. The third kappa shape index (κ3) is 3.33. The zero-order chi connectivity index (χ0) is 12.5. The maximum atomic E-state index is 10.6. The number of hydrogen-bond donors (Lipinski definition) is 2. The minimum Gasteiger partial charge on any atom is -0.465 e. The van der Waals surface area contributed by atoms with E-state index in [2.05, 4.69) is 24.1 Å². The number of carbonyl (C=O) groups is 1. The molecule has 17 heavy (non-hydrogen) atoms. The van der Waals surface area contributed by atoms with Gasteiger partial charge in [0.2, 0.25) is 0 Å². The van der Waals surface area contributed by atoms with Gasteiger partial charge in [0.1, 0.15) is 0 Å². The van der Waals surface area contributed by atoms with E-state index in [1.54, 1.807) is 0 Å². The molecule has 0 aliphatic carbocycles. The van der Waals surface area contributed by atoms with Gasteiger partial charge in [0.15, 0.2) is 0 Å². The average molecular weight is 242 g/mol. The molecular formula is C12H22N2O3. The molecule has 2 N–H and O–H groups in total. The lowest BCUT2D eigenvalue weighted by atomic mass is 9.93. The molecule has 1 unspecified atom stereocenters. The Bertz CT molecular complexity index is 293. The largest absolute Gasteiger partial charge is 0.465 e. The van der Waals surface area contributed by atoms with Crippen molar-refractivity contribution in [2.75, 3.05) is 19.7 Å². The van der Waals surface area contributed by atoms with E-state index in [9.17, 15) is 4.79 Å². The predicted molar refractivity (Wildman–Crippen MR) is 64.2 cm³/mol. The van der Waals surface area contributed by atoms with Gasteiger partial charge >= 0.3 is 6.09 Å². The fourth-order valence-electron chi connectivity index (χ4n) is 2.92. The van der Waals surface area contributed by atoms with Crippen LogP contribution in [0.15, 0.2) is 0 Å². The van der Waals surface area contributed by atoms with Crippen molar-refractivity contribution in [2.45, 2.75) is 50.8 Å². The van der Waals surface area contributed by atoms with E-state index in [1.165, 1.54) is 0 Å². The van der Waals surface area contributed by atoms with Crippen molar-refractivity contribution in [3.63, 3.8) is 0 Å². The highest BCUT2D eigenvalue weighted by Gasteiger charge is 2.35. The summed E-state index contributed by atoms with van der Waals surface area (Å²) in [6, 6.07) is 0.637. The Morgan fingerprint density at radius 3 is 2.88 bits per heavy atom. The van der Waals surface area contributed by atoms with Gasteiger partial charge in [-0.2, -0.15) is 0 Å². The van der Waals surface area contributed by atoms with Gasteiger partial charge < -0.3 is 15.2 Å². The van der Waals surface area contributed by atoms with Crippen LogP contribution in [0.1, 0.15) is 33.1 Å². The lowest BCUT2D eigenvalue weighted by Crippen LogP contribution is -2.46. The highest BCUT2D eigenvalue weighted by Crippen LogP contribution is 2.29. The second kappa shape index (κ2) is 4.82. The van der Waals surface area contributed by atoms with Gasteiger partial charge in [-0.25, -0.2) is 4.79 Å². The van der Waals surface area contributed by atoms with Gasteiger partial charge in [-0.15, -0.1) is 0 Å². The zero-order valence-electron chi connectivity index (χ0n) is 10.6. The van der Waals surface area contributed by atoms with E-state index in [1.807, 2.05) is 0 Å². The van der Waals surface area contributed by atoms with Gasteiger partial charge in [0.05, 0.1) is 5.60 Å². The molecule has 2 rings (SSSR count). The van der Waals surface area contributed by atoms with Crippen LogP contribution in [0.2, 0.25) is 0 Å². The second-order valence-electron chi connectivity index (χ2n) is 5.68. The Labute approximate surface area is 102 Å². The number of ether oxygens (including phenoxy) is 1. The van der Waals surface area contributed by atoms with Crippen LogP contribution in [0, 0.1) is 0 Å². The summed E-state index contributed by atoms with van der Waals surface area (Å²) in [4.78, 5) is 13.0. The van der Waals surface area contributed by atoms with Crippen LogP contribution in [0.3, 0.4) is 0 Å². The highest BCUT2D eigenvalue weighted by molar-refractivity contribution is 5.64. The summed E-state index contributed by atoms with van der Waals surface area (Å²) < 4.78 is 5.71. The summed E-state index contributed by atoms with van der Waals surface area (Å²) >= 11 is 0. The summed E-state index contributed by atoms with van der Waals surface area (Å²) in [5, 5.41) is 11.3. The first-order valence-electron chi connectivity index (χ1n) is 6.34. The molecule has 2 fully saturated rings. The maximum Gasteiger partial charge on any atom is 0.404 e. The minimum absolute atomic E-state index is 0.0404. The minimum atomic E-state index is -0.913. The summed E-state index contributed by atoms with van der Waals surface area (Å²) in [5.74, 6) is 0. The Morgan fingerprint density at radius 1 is 1.47 bits per heavy atom. The van der Waals surface area contributed by atoms with E-state index in [-0.39, 0.29) is 11.6 Å². The highest BCUT2D eigenvalue weighted by atomic mass is 16.5. The number of carboxylic acid groups (broad SMARTS) is 1. The molecule has 0 spiro atoms. The lowest BCUT2D eigenvalue weighted by Gasteiger charge is -2.39. The first-order valence-corrected chi connectivity index (χ1v) is 6.34. The smallest absolute Gasteiger partial charge is 0.404 e. The van der Waals surface area contributed by atoms with Gasteiger partial charge in [0.25, 0.3) is 0 Å². The summed E-state index contributed by atoms with van der Waals surface area (Å²) in [7, 11) is 0. The number of rotatable bonds is 2. The topological polar surface area (TPSA) is 61.8 Å². The van der Waals surface area contributed by atoms with Gasteiger partial charge in [-0.1, -0.05) is 0 Å². The molecule has 0 aromatic carbocycles. The zero-order valence-corrected chi connectivity index (χ0v) is 10.6. The molecule has 5 nitrogen and oxygen atoms in total. The number of nitrogens with one attached hydrogen (secondary N) is 1. The predicted octanol–water partition coefficient (Wildman–Crippen LogP) is 1.29. The molecule has 0 aromatic heterocycles. The Balaban J connectivity index is 1.85. The van der Waals surface area contributed by atoms with Crippen molar-refractivity contribution < 1.29 is 14.6 Å². The van der Waals surface area contributed by atoms with Gasteiger partial charge in [0, 0.05) is 31.8 Å². The first-order chi connectivity index (χ1) is 7.96. The van der Waals surface area contributed by atoms with Gasteiger partial charge in [-0.3, -0.25) is 4.90 Å². The Morgan fingerprint density at radius 2 is 2.24 bits per heavy atom. The van der Waals surface area contributed by atoms with Crippen molar-refractivity contribution in [1.82, 2.24) is 10.2 Å². The van der Waals surface area contributed by atoms with Crippen LogP contribution < -0.4 is 5.32 Å². The van der Waals surface area contributed by atoms with E-state index in [0.717, 1.165) is 39.0 Å². The van der Waals surface area contributed by atoms with E-state index < -0.39 is 6.09 Å². The number of amides is 1. The second-order valence-corrected chi connectivity index (χ2v) is 5.68. The van der Waals surface area contributed by atoms with E-state index >= 15 is 0 Å². The van der Waals surface area contributed by atoms with Crippen LogP contribution in [0.4, 0.5) is 4.79 Å². The van der Waals surface area contributed by atoms with Crippen molar-refractivity contribution in [3.8, 4) is 0 Å². The third-order valence-corrected chi connectivity index (χ3v) is 3.73. The molecule has 2 aliphatic heterocycles. The molecule has 98 valence electrons. The maximum absolute atomic E-state index is 10.6. The number of hydrogen-bond acceptors (Lipinski definition) is 3. The quantitative estimate of drug-likeness (QED) is 0.766. The summed E-state index contributed by atoms with van der Waals surface area (Å²) in [5.41, 5.74) is -0.0404. The molecule has 0 radical (unpaired) electrons. The monoisotopic (exact) mass is 242 g/mol. The number of nitrogens with zero attached hydrogens (tertiary/aromatic N) is 1. The van der Waals surface area contributed by atoms with Crippen molar-refractivity contribution >= 4 is 6.09 Å². The summed E-state index contributed by atoms with van der Waals surface area (Å²) in [6.45, 7) is 6.90. The van der Waals surface area contributed by atoms with Crippen LogP contribution in [-0.2, 0) is 4.74 Å². The van der Waals surface area contributed by atoms with Crippen LogP contribution in [0.25, 0.3) is 0 Å². The average Bonchev–Trinajstić information content (AvgIpc) is 2.63. The van der Waals surface area contributed by atoms with E-state index in [4.69, 9.17) is 9.84 Å². The molecule has 0 bridgehead atoms. The fourth-order valence-corrected chi connectivity index (χ4v) is 2.92. The van der Waals surface area contributed by atoms with Crippen molar-refractivity contribution in [3.05, 3.63) is 0 Å². The third-order valence-electron chi connectivity index (χ3n) is 3.73. The van der Waals surface area contributed by atoms with Crippen LogP contribution in [0.5, 0.6) is 0 Å². The van der Waals surface area contributed by atoms with Crippen molar-refractivity contribution in [1.29, 1.82) is 0 Å². The molecule has 2 heterocycles. The summed E-state index contributed by atoms with van der Waals surface area (Å²) in [6.07, 6.45) is 2.10. The van der Waals surface area contributed by atoms with Crippen LogP contribution >= 0.6 is 0 Å². The van der Waals surface area contributed by atoms with Crippen LogP contribution in [-0.4, -0.2) is 53.5 Å². The Kier molecular flexibility index (Phi) is 3.58. The molecule has 5 heteroatoms. The molecule has 2 aliphatic rings. The Hall–Kier alpha value is -0.810. The molecule has 2 saturated heterocycles. The first kappa shape index (κ1) is 12.6. The van der Waals surface area contributed by atoms with E-state index in [0.29, 0.717) is 6.04 Å². The lowest BCUT2D eigenvalue weighted by molar-refractivity contribution is -0.0804. The fraction of sp³-hybridized carbons (Fsp3) is 0.917. The standard InChI is InChI=1S/C12H22N2O3/c1-12(2)7-10(4-6-17-12)14-5-3-9(8-14)13-11(15)16/h9-10,13H,3-8H2,1-2H3,(H,15,16)/t9-,10?/m0/s1. The van der Waals surface area contributed by atoms with Crippen molar-refractivity contribution in [2.24, 2.45) is 0 Å². The SMILES string of the molecule is CC1(C)CC(N2CC[C@H](NC(=O)O)C2)CCO1. The molecule has 0 aromatic rings. The molecule has 1 amide bonds. The van der Waals surface area contributed by atoms with Gasteiger partial charge in [-0.05, 0) is 33.1 Å². The normalized spacial score (nSPS) is 33.5. The molecular weight excluding hydrogens is 220 g/mol.